The van der Waals surface area contributed by atoms with Crippen LogP contribution < -0.4 is 15.2 Å². The van der Waals surface area contributed by atoms with E-state index in [4.69, 9.17) is 19.9 Å². The van der Waals surface area contributed by atoms with Crippen LogP contribution in [0, 0.1) is 0 Å². The van der Waals surface area contributed by atoms with Gasteiger partial charge in [0.1, 0.15) is 24.7 Å². The van der Waals surface area contributed by atoms with E-state index in [2.05, 4.69) is 0 Å². The number of nitrogens with two attached hydrogens (primary N) is 1. The van der Waals surface area contributed by atoms with E-state index in [-0.39, 0.29) is 18.0 Å². The van der Waals surface area contributed by atoms with Crippen molar-refractivity contribution in [3.8, 4) is 11.5 Å². The number of methoxy groups -OCH3 is 1. The maximum absolute atomic E-state index is 12.9. The molecule has 2 fully saturated rings. The normalized spacial score (nSPS) is 19.8. The van der Waals surface area contributed by atoms with Crippen LogP contribution in [-0.2, 0) is 4.74 Å². The van der Waals surface area contributed by atoms with Gasteiger partial charge in [-0.2, -0.15) is 0 Å². The number of carbonyl (C=O) groups excluding carboxylic acids is 2. The highest BCUT2D eigenvalue weighted by Gasteiger charge is 2.39. The molecule has 2 amide bonds. The maximum Gasteiger partial charge on any atom is 0.410 e. The van der Waals surface area contributed by atoms with Gasteiger partial charge >= 0.3 is 6.09 Å². The largest absolute Gasteiger partial charge is 0.497 e. The molecule has 1 aromatic rings. The molecular formula is C16H21N3O5. The fourth-order valence-corrected chi connectivity index (χ4v) is 2.94. The Hall–Kier alpha value is -2.48. The van der Waals surface area contributed by atoms with Crippen molar-refractivity contribution in [1.29, 1.82) is 0 Å². The summed E-state index contributed by atoms with van der Waals surface area (Å²) in [5.74, 6) is 0.924. The van der Waals surface area contributed by atoms with Crippen LogP contribution in [0.5, 0.6) is 11.5 Å². The second-order valence-corrected chi connectivity index (χ2v) is 5.67. The van der Waals surface area contributed by atoms with Gasteiger partial charge in [0.25, 0.3) is 5.91 Å². The van der Waals surface area contributed by atoms with Crippen molar-refractivity contribution >= 4 is 12.0 Å². The Morgan fingerprint density at radius 3 is 3.00 bits per heavy atom. The lowest BCUT2D eigenvalue weighted by Gasteiger charge is -2.35. The second kappa shape index (κ2) is 6.96. The molecule has 1 aromatic carbocycles. The first-order chi connectivity index (χ1) is 11.6. The first-order valence-electron chi connectivity index (χ1n) is 7.87. The van der Waals surface area contributed by atoms with Gasteiger partial charge in [-0.15, -0.1) is 0 Å². The van der Waals surface area contributed by atoms with Crippen LogP contribution in [0.25, 0.3) is 0 Å². The Balaban J connectivity index is 1.78. The molecule has 2 saturated heterocycles. The molecule has 3 rings (SSSR count). The number of benzene rings is 1. The summed E-state index contributed by atoms with van der Waals surface area (Å²) in [6.07, 6.45) is -0.302. The average molecular weight is 335 g/mol. The summed E-state index contributed by atoms with van der Waals surface area (Å²) < 4.78 is 15.8. The third-order valence-corrected chi connectivity index (χ3v) is 4.20. The number of fused-ring (bicyclic) bond motifs is 1. The van der Waals surface area contributed by atoms with E-state index in [9.17, 15) is 9.59 Å². The van der Waals surface area contributed by atoms with E-state index in [1.807, 2.05) is 0 Å². The zero-order chi connectivity index (χ0) is 17.1. The minimum Gasteiger partial charge on any atom is -0.497 e. The van der Waals surface area contributed by atoms with E-state index in [0.717, 1.165) is 0 Å². The smallest absolute Gasteiger partial charge is 0.410 e. The van der Waals surface area contributed by atoms with Crippen LogP contribution in [0.3, 0.4) is 0 Å². The highest BCUT2D eigenvalue weighted by Crippen LogP contribution is 2.27. The van der Waals surface area contributed by atoms with Crippen LogP contribution in [0.2, 0.25) is 0 Å². The summed E-state index contributed by atoms with van der Waals surface area (Å²) in [7, 11) is 1.56. The van der Waals surface area contributed by atoms with Gasteiger partial charge in [-0.1, -0.05) is 0 Å². The Kier molecular flexibility index (Phi) is 4.75. The highest BCUT2D eigenvalue weighted by atomic mass is 16.6. The minimum absolute atomic E-state index is 0.0816. The minimum atomic E-state index is -0.302. The molecule has 130 valence electrons. The fraction of sp³-hybridized carbons (Fsp3) is 0.500. The van der Waals surface area contributed by atoms with Gasteiger partial charge in [0.15, 0.2) is 0 Å². The number of piperazine rings is 1. The van der Waals surface area contributed by atoms with Gasteiger partial charge in [0, 0.05) is 32.2 Å². The topological polar surface area (TPSA) is 94.3 Å². The lowest BCUT2D eigenvalue weighted by molar-refractivity contribution is 0.0613. The molecule has 2 aliphatic rings. The van der Waals surface area contributed by atoms with Crippen molar-refractivity contribution in [2.45, 2.75) is 6.04 Å². The average Bonchev–Trinajstić information content (AvgIpc) is 2.99. The number of nitrogens with zero attached hydrogens (tertiary/aromatic N) is 2. The van der Waals surface area contributed by atoms with Gasteiger partial charge < -0.3 is 24.8 Å². The first kappa shape index (κ1) is 16.4. The predicted molar refractivity (Wildman–Crippen MR) is 85.3 cm³/mol. The molecular weight excluding hydrogens is 314 g/mol. The van der Waals surface area contributed by atoms with Crippen LogP contribution >= 0.6 is 0 Å². The molecule has 0 aliphatic carbocycles. The van der Waals surface area contributed by atoms with Crippen molar-refractivity contribution < 1.29 is 23.8 Å². The summed E-state index contributed by atoms with van der Waals surface area (Å²) in [4.78, 5) is 27.8. The molecule has 0 radical (unpaired) electrons. The molecule has 2 heterocycles. The summed E-state index contributed by atoms with van der Waals surface area (Å²) in [5, 5.41) is 0. The SMILES string of the molecule is COc1ccc(C(=O)N2CCN3C(=O)OC[C@@H]3C2)c(OCCN)c1. The van der Waals surface area contributed by atoms with Crippen molar-refractivity contribution in [3.05, 3.63) is 23.8 Å². The lowest BCUT2D eigenvalue weighted by Crippen LogP contribution is -2.53. The van der Waals surface area contributed by atoms with Crippen molar-refractivity contribution in [3.63, 3.8) is 0 Å². The van der Waals surface area contributed by atoms with Crippen LogP contribution in [-0.4, -0.2) is 74.3 Å². The Bertz CT molecular complexity index is 636. The monoisotopic (exact) mass is 335 g/mol. The molecule has 0 aromatic heterocycles. The molecule has 2 N–H and O–H groups in total. The van der Waals surface area contributed by atoms with Crippen LogP contribution in [0.1, 0.15) is 10.4 Å². The summed E-state index contributed by atoms with van der Waals surface area (Å²) in [5.41, 5.74) is 5.95. The van der Waals surface area contributed by atoms with Crippen molar-refractivity contribution in [2.24, 2.45) is 5.73 Å². The van der Waals surface area contributed by atoms with Crippen LogP contribution in [0.4, 0.5) is 4.79 Å². The Morgan fingerprint density at radius 2 is 2.25 bits per heavy atom. The zero-order valence-corrected chi connectivity index (χ0v) is 13.6. The number of rotatable bonds is 5. The van der Waals surface area contributed by atoms with Gasteiger partial charge in [-0.05, 0) is 12.1 Å². The van der Waals surface area contributed by atoms with Crippen LogP contribution in [0.15, 0.2) is 18.2 Å². The Morgan fingerprint density at radius 1 is 1.42 bits per heavy atom. The fourth-order valence-electron chi connectivity index (χ4n) is 2.94. The number of carbonyl (C=O) groups is 2. The molecule has 0 saturated carbocycles. The third kappa shape index (κ3) is 3.09. The van der Waals surface area contributed by atoms with Gasteiger partial charge in [-0.25, -0.2) is 4.79 Å². The molecule has 8 nitrogen and oxygen atoms in total. The lowest BCUT2D eigenvalue weighted by atomic mass is 10.1. The first-order valence-corrected chi connectivity index (χ1v) is 7.87. The molecule has 24 heavy (non-hydrogen) atoms. The molecule has 2 aliphatic heterocycles. The standard InChI is InChI=1S/C16H21N3O5/c1-22-12-2-3-13(14(8-12)23-7-4-17)15(20)18-5-6-19-11(9-18)10-24-16(19)21/h2-3,8,11H,4-7,9-10,17H2,1H3/t11-/m0/s1. The molecule has 1 atom stereocenters. The molecule has 0 unspecified atom stereocenters. The summed E-state index contributed by atoms with van der Waals surface area (Å²) in [6.45, 7) is 2.38. The molecule has 0 bridgehead atoms. The van der Waals surface area contributed by atoms with Gasteiger partial charge in [0.2, 0.25) is 0 Å². The summed E-state index contributed by atoms with van der Waals surface area (Å²) >= 11 is 0. The predicted octanol–water partition coefficient (Wildman–Crippen LogP) is 0.309. The highest BCUT2D eigenvalue weighted by molar-refractivity contribution is 5.97. The number of hydrogen-bond donors (Lipinski definition) is 1. The van der Waals surface area contributed by atoms with E-state index in [1.165, 1.54) is 0 Å². The maximum atomic E-state index is 12.9. The van der Waals surface area contributed by atoms with E-state index < -0.39 is 0 Å². The van der Waals surface area contributed by atoms with Gasteiger partial charge in [-0.3, -0.25) is 9.69 Å². The van der Waals surface area contributed by atoms with E-state index in [0.29, 0.717) is 56.5 Å². The number of ether oxygens (including phenoxy) is 3. The third-order valence-electron chi connectivity index (χ3n) is 4.20. The van der Waals surface area contributed by atoms with Gasteiger partial charge in [0.05, 0.1) is 18.7 Å². The van der Waals surface area contributed by atoms with E-state index in [1.54, 1.807) is 35.1 Å². The zero-order valence-electron chi connectivity index (χ0n) is 13.6. The number of amides is 2. The molecule has 0 spiro atoms. The number of cyclic esters (lactones) is 1. The van der Waals surface area contributed by atoms with Crippen molar-refractivity contribution in [2.75, 3.05) is 46.5 Å². The Labute approximate surface area is 140 Å². The second-order valence-electron chi connectivity index (χ2n) is 5.67. The summed E-state index contributed by atoms with van der Waals surface area (Å²) in [6, 6.07) is 5.01. The van der Waals surface area contributed by atoms with Crippen molar-refractivity contribution in [1.82, 2.24) is 9.80 Å². The van der Waals surface area contributed by atoms with E-state index >= 15 is 0 Å². The quantitative estimate of drug-likeness (QED) is 0.832. The number of hydrogen-bond acceptors (Lipinski definition) is 6. The molecule has 8 heteroatoms.